The van der Waals surface area contributed by atoms with E-state index in [1.807, 2.05) is 36.4 Å². The standard InChI is InChI=1S/C23H31N3O5S/c1-30-17-14-25-32(28,29)26-15-12-23(13-16-26,19-8-4-3-5-9-19)18-24-22(27)20-10-6-7-11-21(20)31-2/h3-11,25H,12-18H2,1-2H3,(H,24,27). The second-order valence-corrected chi connectivity index (χ2v) is 9.58. The van der Waals surface area contributed by atoms with E-state index in [1.165, 1.54) is 18.5 Å². The summed E-state index contributed by atoms with van der Waals surface area (Å²) in [5, 5.41) is 3.06. The molecular formula is C23H31N3O5S. The number of nitrogens with zero attached hydrogens (tertiary/aromatic N) is 1. The predicted molar refractivity (Wildman–Crippen MR) is 123 cm³/mol. The number of nitrogens with one attached hydrogen (secondary N) is 2. The van der Waals surface area contributed by atoms with Crippen molar-refractivity contribution in [2.45, 2.75) is 18.3 Å². The molecule has 9 heteroatoms. The molecule has 8 nitrogen and oxygen atoms in total. The van der Waals surface area contributed by atoms with E-state index in [4.69, 9.17) is 9.47 Å². The van der Waals surface area contributed by atoms with Gasteiger partial charge in [-0.25, -0.2) is 0 Å². The number of carbonyl (C=O) groups is 1. The van der Waals surface area contributed by atoms with Gasteiger partial charge in [0.05, 0.1) is 19.3 Å². The van der Waals surface area contributed by atoms with Crippen molar-refractivity contribution in [3.05, 3.63) is 65.7 Å². The molecule has 0 unspecified atom stereocenters. The third-order valence-electron chi connectivity index (χ3n) is 5.94. The van der Waals surface area contributed by atoms with Gasteiger partial charge in [0.1, 0.15) is 5.75 Å². The zero-order chi connectivity index (χ0) is 23.0. The maximum absolute atomic E-state index is 12.9. The summed E-state index contributed by atoms with van der Waals surface area (Å²) in [5.41, 5.74) is 1.20. The van der Waals surface area contributed by atoms with Gasteiger partial charge in [0, 0.05) is 38.7 Å². The molecule has 2 aromatic rings. The maximum atomic E-state index is 12.9. The van der Waals surface area contributed by atoms with Gasteiger partial charge in [0.15, 0.2) is 0 Å². The van der Waals surface area contributed by atoms with Crippen LogP contribution in [0.4, 0.5) is 0 Å². The summed E-state index contributed by atoms with van der Waals surface area (Å²) in [6.07, 6.45) is 1.18. The maximum Gasteiger partial charge on any atom is 0.279 e. The molecule has 1 fully saturated rings. The molecule has 0 saturated carbocycles. The van der Waals surface area contributed by atoms with Crippen molar-refractivity contribution in [1.82, 2.24) is 14.3 Å². The summed E-state index contributed by atoms with van der Waals surface area (Å²) in [4.78, 5) is 12.9. The van der Waals surface area contributed by atoms with E-state index >= 15 is 0 Å². The van der Waals surface area contributed by atoms with Gasteiger partial charge in [0.25, 0.3) is 16.1 Å². The van der Waals surface area contributed by atoms with Gasteiger partial charge >= 0.3 is 0 Å². The zero-order valence-corrected chi connectivity index (χ0v) is 19.4. The lowest BCUT2D eigenvalue weighted by Crippen LogP contribution is -2.52. The Balaban J connectivity index is 1.74. The highest BCUT2D eigenvalue weighted by Crippen LogP contribution is 2.36. The number of rotatable bonds is 10. The number of benzene rings is 2. The second-order valence-electron chi connectivity index (χ2n) is 7.82. The molecule has 3 rings (SSSR count). The molecule has 1 aliphatic rings. The van der Waals surface area contributed by atoms with E-state index in [9.17, 15) is 13.2 Å². The number of amides is 1. The fourth-order valence-electron chi connectivity index (χ4n) is 4.05. The summed E-state index contributed by atoms with van der Waals surface area (Å²) >= 11 is 0. The topological polar surface area (TPSA) is 97.0 Å². The van der Waals surface area contributed by atoms with Crippen LogP contribution in [-0.4, -0.2) is 65.6 Å². The van der Waals surface area contributed by atoms with Crippen LogP contribution in [0.25, 0.3) is 0 Å². The fourth-order valence-corrected chi connectivity index (χ4v) is 5.24. The molecule has 1 amide bonds. The third kappa shape index (κ3) is 5.66. The normalized spacial score (nSPS) is 16.4. The number of hydrogen-bond acceptors (Lipinski definition) is 5. The van der Waals surface area contributed by atoms with Crippen LogP contribution in [0, 0.1) is 0 Å². The van der Waals surface area contributed by atoms with Crippen LogP contribution in [0.5, 0.6) is 5.75 Å². The predicted octanol–water partition coefficient (Wildman–Crippen LogP) is 1.94. The molecule has 1 saturated heterocycles. The number of carbonyl (C=O) groups excluding carboxylic acids is 1. The van der Waals surface area contributed by atoms with E-state index in [1.54, 1.807) is 18.2 Å². The minimum atomic E-state index is -3.57. The van der Waals surface area contributed by atoms with Crippen LogP contribution < -0.4 is 14.8 Å². The summed E-state index contributed by atoms with van der Waals surface area (Å²) in [6, 6.07) is 17.0. The Kier molecular flexibility index (Phi) is 8.25. The van der Waals surface area contributed by atoms with Crippen molar-refractivity contribution in [2.75, 3.05) is 47.0 Å². The first-order chi connectivity index (χ1) is 15.4. The first kappa shape index (κ1) is 24.2. The molecule has 2 aromatic carbocycles. The molecule has 0 bridgehead atoms. The molecule has 2 N–H and O–H groups in total. The van der Waals surface area contributed by atoms with Crippen molar-refractivity contribution < 1.29 is 22.7 Å². The Morgan fingerprint density at radius 2 is 1.69 bits per heavy atom. The quantitative estimate of drug-likeness (QED) is 0.527. The molecule has 174 valence electrons. The second kappa shape index (κ2) is 10.9. The van der Waals surface area contributed by atoms with Crippen LogP contribution in [-0.2, 0) is 20.4 Å². The smallest absolute Gasteiger partial charge is 0.279 e. The van der Waals surface area contributed by atoms with Crippen molar-refractivity contribution in [2.24, 2.45) is 0 Å². The van der Waals surface area contributed by atoms with Crippen LogP contribution in [0.15, 0.2) is 54.6 Å². The summed E-state index contributed by atoms with van der Waals surface area (Å²) in [7, 11) is -0.505. The van der Waals surface area contributed by atoms with Gasteiger partial charge in [-0.3, -0.25) is 4.79 Å². The molecule has 0 atom stereocenters. The number of ether oxygens (including phenoxy) is 2. The van der Waals surface area contributed by atoms with E-state index in [-0.39, 0.29) is 17.9 Å². The van der Waals surface area contributed by atoms with Crippen LogP contribution in [0.1, 0.15) is 28.8 Å². The van der Waals surface area contributed by atoms with Gasteiger partial charge in [0.2, 0.25) is 0 Å². The highest BCUT2D eigenvalue weighted by Gasteiger charge is 2.39. The highest BCUT2D eigenvalue weighted by molar-refractivity contribution is 7.87. The van der Waals surface area contributed by atoms with Crippen molar-refractivity contribution in [3.8, 4) is 5.75 Å². The van der Waals surface area contributed by atoms with Crippen LogP contribution >= 0.6 is 0 Å². The highest BCUT2D eigenvalue weighted by atomic mass is 32.2. The summed E-state index contributed by atoms with van der Waals surface area (Å²) < 4.78 is 39.5. The van der Waals surface area contributed by atoms with Crippen LogP contribution in [0.3, 0.4) is 0 Å². The number of methoxy groups -OCH3 is 2. The Hall–Kier alpha value is -2.46. The van der Waals surface area contributed by atoms with E-state index < -0.39 is 10.2 Å². The lowest BCUT2D eigenvalue weighted by atomic mass is 9.73. The molecule has 0 radical (unpaired) electrons. The van der Waals surface area contributed by atoms with Gasteiger partial charge in [-0.1, -0.05) is 42.5 Å². The van der Waals surface area contributed by atoms with Crippen LogP contribution in [0.2, 0.25) is 0 Å². The minimum absolute atomic E-state index is 0.214. The molecule has 0 spiro atoms. The van der Waals surface area contributed by atoms with E-state index in [0.29, 0.717) is 50.4 Å². The zero-order valence-electron chi connectivity index (χ0n) is 18.5. The lowest BCUT2D eigenvalue weighted by molar-refractivity contribution is 0.0929. The Morgan fingerprint density at radius 3 is 2.34 bits per heavy atom. The third-order valence-corrected chi connectivity index (χ3v) is 7.55. The molecule has 0 aliphatic carbocycles. The monoisotopic (exact) mass is 461 g/mol. The van der Waals surface area contributed by atoms with E-state index in [0.717, 1.165) is 5.56 Å². The molecule has 1 heterocycles. The Morgan fingerprint density at radius 1 is 1.03 bits per heavy atom. The Labute approximate surface area is 190 Å². The largest absolute Gasteiger partial charge is 0.496 e. The lowest BCUT2D eigenvalue weighted by Gasteiger charge is -2.41. The fraction of sp³-hybridized carbons (Fsp3) is 0.435. The number of piperidine rings is 1. The minimum Gasteiger partial charge on any atom is -0.496 e. The number of hydrogen-bond donors (Lipinski definition) is 2. The van der Waals surface area contributed by atoms with Gasteiger partial charge in [-0.2, -0.15) is 17.4 Å². The van der Waals surface area contributed by atoms with Crippen molar-refractivity contribution >= 4 is 16.1 Å². The first-order valence-corrected chi connectivity index (χ1v) is 12.1. The van der Waals surface area contributed by atoms with Crippen molar-refractivity contribution in [1.29, 1.82) is 0 Å². The van der Waals surface area contributed by atoms with Crippen molar-refractivity contribution in [3.63, 3.8) is 0 Å². The van der Waals surface area contributed by atoms with Gasteiger partial charge in [-0.15, -0.1) is 0 Å². The Bertz CT molecular complexity index is 990. The summed E-state index contributed by atoms with van der Waals surface area (Å²) in [5.74, 6) is 0.302. The molecular weight excluding hydrogens is 430 g/mol. The average Bonchev–Trinajstić information content (AvgIpc) is 2.83. The molecule has 0 aromatic heterocycles. The average molecular weight is 462 g/mol. The summed E-state index contributed by atoms with van der Waals surface area (Å²) in [6.45, 7) is 1.67. The SMILES string of the molecule is COCCNS(=O)(=O)N1CCC(CNC(=O)c2ccccc2OC)(c2ccccc2)CC1. The van der Waals surface area contributed by atoms with Gasteiger partial charge < -0.3 is 14.8 Å². The molecule has 32 heavy (non-hydrogen) atoms. The van der Waals surface area contributed by atoms with E-state index in [2.05, 4.69) is 10.0 Å². The number of para-hydroxylation sites is 1. The van der Waals surface area contributed by atoms with Gasteiger partial charge in [-0.05, 0) is 30.5 Å². The molecule has 1 aliphatic heterocycles. The first-order valence-electron chi connectivity index (χ1n) is 10.6.